The van der Waals surface area contributed by atoms with E-state index in [1.54, 1.807) is 0 Å². The minimum absolute atomic E-state index is 0.0308. The minimum atomic E-state index is -0.444. The van der Waals surface area contributed by atoms with Crippen molar-refractivity contribution in [3.8, 4) is 5.19 Å². The zero-order valence-corrected chi connectivity index (χ0v) is 17.9. The molecule has 1 heterocycles. The molecule has 28 heavy (non-hydrogen) atoms. The van der Waals surface area contributed by atoms with Gasteiger partial charge in [-0.15, -0.1) is 5.10 Å². The number of hydrogen-bond acceptors (Lipinski definition) is 6. The number of ether oxygens (including phenoxy) is 1. The Morgan fingerprint density at radius 3 is 2.57 bits per heavy atom. The highest BCUT2D eigenvalue weighted by atomic mass is 32.2. The summed E-state index contributed by atoms with van der Waals surface area (Å²) < 4.78 is 6.29. The highest BCUT2D eigenvalue weighted by Gasteiger charge is 2.25. The maximum Gasteiger partial charge on any atom is 0.295 e. The number of carbonyl (C=O) groups excluding carboxylic acids is 1. The van der Waals surface area contributed by atoms with Crippen molar-refractivity contribution in [2.45, 2.75) is 43.4 Å². The summed E-state index contributed by atoms with van der Waals surface area (Å²) in [5.41, 5.74) is 3.87. The number of anilines is 1. The summed E-state index contributed by atoms with van der Waals surface area (Å²) in [5, 5.41) is 11.4. The van der Waals surface area contributed by atoms with Crippen LogP contribution in [0.3, 0.4) is 0 Å². The molecule has 0 aliphatic heterocycles. The Morgan fingerprint density at radius 2 is 1.86 bits per heavy atom. The number of aromatic nitrogens is 2. The molecular formula is C21H23N3O2S2. The van der Waals surface area contributed by atoms with E-state index in [1.165, 1.54) is 23.1 Å². The van der Waals surface area contributed by atoms with Gasteiger partial charge in [-0.3, -0.25) is 4.79 Å². The highest BCUT2D eigenvalue weighted by Crippen LogP contribution is 2.39. The molecule has 0 aliphatic rings. The second kappa shape index (κ2) is 9.21. The van der Waals surface area contributed by atoms with Gasteiger partial charge in [0.05, 0.1) is 6.10 Å². The number of aryl methyl sites for hydroxylation is 2. The van der Waals surface area contributed by atoms with Crippen molar-refractivity contribution >= 4 is 34.7 Å². The predicted molar refractivity (Wildman–Crippen MR) is 115 cm³/mol. The summed E-state index contributed by atoms with van der Waals surface area (Å²) in [6, 6.07) is 15.7. The van der Waals surface area contributed by atoms with Gasteiger partial charge < -0.3 is 10.1 Å². The van der Waals surface area contributed by atoms with Crippen molar-refractivity contribution in [1.82, 2.24) is 10.2 Å². The molecule has 0 aliphatic carbocycles. The summed E-state index contributed by atoms with van der Waals surface area (Å²) in [6.45, 7) is 7.88. The van der Waals surface area contributed by atoms with Crippen LogP contribution < -0.4 is 10.1 Å². The summed E-state index contributed by atoms with van der Waals surface area (Å²) in [4.78, 5) is 13.2. The second-order valence-electron chi connectivity index (χ2n) is 6.72. The molecule has 1 aromatic heterocycles. The number of carbonyl (C=O) groups is 1. The number of hydrogen-bond donors (Lipinski definition) is 1. The van der Waals surface area contributed by atoms with E-state index in [9.17, 15) is 4.79 Å². The predicted octanol–water partition coefficient (Wildman–Crippen LogP) is 5.41. The first kappa shape index (κ1) is 20.4. The molecule has 146 valence electrons. The molecule has 1 N–H and O–H groups in total. The van der Waals surface area contributed by atoms with Gasteiger partial charge in [0.15, 0.2) is 4.34 Å². The molecular weight excluding hydrogens is 390 g/mol. The molecule has 0 spiro atoms. The Labute approximate surface area is 173 Å². The van der Waals surface area contributed by atoms with Crippen LogP contribution in [0.4, 0.5) is 5.69 Å². The Morgan fingerprint density at radius 1 is 1.11 bits per heavy atom. The summed E-state index contributed by atoms with van der Waals surface area (Å²) in [6.07, 6.45) is 0.0308. The lowest BCUT2D eigenvalue weighted by molar-refractivity contribution is -0.115. The van der Waals surface area contributed by atoms with Crippen LogP contribution in [0.5, 0.6) is 5.19 Å². The van der Waals surface area contributed by atoms with Crippen molar-refractivity contribution in [3.63, 3.8) is 0 Å². The Kier molecular flexibility index (Phi) is 6.70. The summed E-state index contributed by atoms with van der Waals surface area (Å²) in [5.74, 6) is -0.0913. The van der Waals surface area contributed by atoms with Crippen molar-refractivity contribution in [3.05, 3.63) is 65.2 Å². The number of benzene rings is 2. The summed E-state index contributed by atoms with van der Waals surface area (Å²) >= 11 is 2.73. The monoisotopic (exact) mass is 413 g/mol. The molecule has 0 radical (unpaired) electrons. The standard InChI is InChI=1S/C21H23N3O2S2/c1-13(2)26-20-23-24-21(28-20)27-18(16-8-6-5-7-9-16)19(25)22-17-12-14(3)10-11-15(17)4/h5-13,18H,1-4H3,(H,22,25). The third-order valence-corrected chi connectivity index (χ3v) is 6.09. The molecule has 1 amide bonds. The molecule has 1 atom stereocenters. The average Bonchev–Trinajstić information content (AvgIpc) is 3.09. The molecule has 3 aromatic rings. The number of thioether (sulfide) groups is 1. The third-order valence-electron chi connectivity index (χ3n) is 3.93. The van der Waals surface area contributed by atoms with Gasteiger partial charge in [0, 0.05) is 5.69 Å². The molecule has 2 aromatic carbocycles. The smallest absolute Gasteiger partial charge is 0.295 e. The second-order valence-corrected chi connectivity index (χ2v) is 9.01. The van der Waals surface area contributed by atoms with Crippen LogP contribution in [0.25, 0.3) is 0 Å². The summed E-state index contributed by atoms with van der Waals surface area (Å²) in [7, 11) is 0. The van der Waals surface area contributed by atoms with Crippen molar-refractivity contribution in [2.24, 2.45) is 0 Å². The average molecular weight is 414 g/mol. The van der Waals surface area contributed by atoms with E-state index in [4.69, 9.17) is 4.74 Å². The van der Waals surface area contributed by atoms with Crippen LogP contribution in [0.15, 0.2) is 52.9 Å². The topological polar surface area (TPSA) is 64.1 Å². The van der Waals surface area contributed by atoms with E-state index < -0.39 is 5.25 Å². The minimum Gasteiger partial charge on any atom is -0.466 e. The van der Waals surface area contributed by atoms with Crippen molar-refractivity contribution < 1.29 is 9.53 Å². The van der Waals surface area contributed by atoms with E-state index in [0.717, 1.165) is 22.4 Å². The quantitative estimate of drug-likeness (QED) is 0.524. The van der Waals surface area contributed by atoms with E-state index in [-0.39, 0.29) is 12.0 Å². The van der Waals surface area contributed by atoms with Gasteiger partial charge >= 0.3 is 0 Å². The first-order valence-electron chi connectivity index (χ1n) is 9.02. The molecule has 0 bridgehead atoms. The largest absolute Gasteiger partial charge is 0.466 e. The lowest BCUT2D eigenvalue weighted by Crippen LogP contribution is -2.19. The van der Waals surface area contributed by atoms with Crippen molar-refractivity contribution in [2.75, 3.05) is 5.32 Å². The van der Waals surface area contributed by atoms with Gasteiger partial charge in [-0.2, -0.15) is 0 Å². The van der Waals surface area contributed by atoms with Gasteiger partial charge in [-0.25, -0.2) is 0 Å². The Balaban J connectivity index is 1.84. The molecule has 0 saturated carbocycles. The SMILES string of the molecule is Cc1ccc(C)c(NC(=O)C(Sc2nnc(OC(C)C)s2)c2ccccc2)c1. The number of amides is 1. The third kappa shape index (κ3) is 5.33. The maximum absolute atomic E-state index is 13.2. The zero-order valence-electron chi connectivity index (χ0n) is 16.3. The van der Waals surface area contributed by atoms with E-state index in [1.807, 2.05) is 76.2 Å². The number of nitrogens with zero attached hydrogens (tertiary/aromatic N) is 2. The molecule has 7 heteroatoms. The molecule has 3 rings (SSSR count). The van der Waals surface area contributed by atoms with Gasteiger partial charge in [0.2, 0.25) is 5.91 Å². The van der Waals surface area contributed by atoms with Crippen molar-refractivity contribution in [1.29, 1.82) is 0 Å². The lowest BCUT2D eigenvalue weighted by atomic mass is 10.1. The lowest BCUT2D eigenvalue weighted by Gasteiger charge is -2.17. The fourth-order valence-corrected chi connectivity index (χ4v) is 4.56. The molecule has 0 saturated heterocycles. The van der Waals surface area contributed by atoms with Crippen LogP contribution in [0.1, 0.15) is 35.8 Å². The Bertz CT molecular complexity index is 942. The van der Waals surface area contributed by atoms with Gasteiger partial charge in [0.1, 0.15) is 5.25 Å². The van der Waals surface area contributed by atoms with E-state index in [2.05, 4.69) is 15.5 Å². The number of nitrogens with one attached hydrogen (secondary N) is 1. The maximum atomic E-state index is 13.2. The van der Waals surface area contributed by atoms with E-state index in [0.29, 0.717) is 9.53 Å². The van der Waals surface area contributed by atoms with Gasteiger partial charge in [0.25, 0.3) is 5.19 Å². The van der Waals surface area contributed by atoms with Crippen LogP contribution >= 0.6 is 23.1 Å². The molecule has 5 nitrogen and oxygen atoms in total. The van der Waals surface area contributed by atoms with E-state index >= 15 is 0 Å². The zero-order chi connectivity index (χ0) is 20.1. The normalized spacial score (nSPS) is 12.0. The first-order chi connectivity index (χ1) is 13.4. The van der Waals surface area contributed by atoms with Crippen LogP contribution in [0, 0.1) is 13.8 Å². The fourth-order valence-electron chi connectivity index (χ4n) is 2.56. The van der Waals surface area contributed by atoms with Crippen LogP contribution in [0.2, 0.25) is 0 Å². The highest BCUT2D eigenvalue weighted by molar-refractivity contribution is 8.01. The fraction of sp³-hybridized carbons (Fsp3) is 0.286. The number of rotatable bonds is 7. The van der Waals surface area contributed by atoms with Gasteiger partial charge in [-0.05, 0) is 61.8 Å². The Hall–Kier alpha value is -2.38. The first-order valence-corrected chi connectivity index (χ1v) is 10.7. The van der Waals surface area contributed by atoms with Crippen LogP contribution in [-0.4, -0.2) is 22.2 Å². The molecule has 0 fully saturated rings. The molecule has 1 unspecified atom stereocenters. The van der Waals surface area contributed by atoms with Crippen LogP contribution in [-0.2, 0) is 4.79 Å². The van der Waals surface area contributed by atoms with Gasteiger partial charge in [-0.1, -0.05) is 59.3 Å².